The minimum absolute atomic E-state index is 0.00475. The van der Waals surface area contributed by atoms with Crippen LogP contribution >= 0.6 is 0 Å². The van der Waals surface area contributed by atoms with Crippen LogP contribution in [0.25, 0.3) is 0 Å². The van der Waals surface area contributed by atoms with E-state index in [0.717, 1.165) is 0 Å². The lowest BCUT2D eigenvalue weighted by atomic mass is 10.0. The number of hydrogen-bond acceptors (Lipinski definition) is 6. The molecule has 11 heteroatoms. The summed E-state index contributed by atoms with van der Waals surface area (Å²) in [5.74, 6) is -2.30. The molecule has 0 aliphatic carbocycles. The molecule has 0 bridgehead atoms. The highest BCUT2D eigenvalue weighted by Crippen LogP contribution is 2.22. The van der Waals surface area contributed by atoms with E-state index < -0.39 is 41.8 Å². The number of nitrogens with zero attached hydrogens (tertiary/aromatic N) is 3. The van der Waals surface area contributed by atoms with Gasteiger partial charge in [-0.15, -0.1) is 0 Å². The summed E-state index contributed by atoms with van der Waals surface area (Å²) in [6, 6.07) is -1.70. The second kappa shape index (κ2) is 10.9. The van der Waals surface area contributed by atoms with Crippen LogP contribution in [-0.2, 0) is 25.6 Å². The van der Waals surface area contributed by atoms with Gasteiger partial charge in [0.15, 0.2) is 0 Å². The van der Waals surface area contributed by atoms with Gasteiger partial charge >= 0.3 is 0 Å². The van der Waals surface area contributed by atoms with Crippen LogP contribution in [0.2, 0.25) is 0 Å². The van der Waals surface area contributed by atoms with Crippen molar-refractivity contribution in [3.63, 3.8) is 0 Å². The number of amides is 4. The quantitative estimate of drug-likeness (QED) is 0.342. The molecule has 4 amide bonds. The fraction of sp³-hybridized carbons (Fsp3) is 0.650. The molecule has 1 aromatic heterocycles. The monoisotopic (exact) mass is 436 g/mol. The van der Waals surface area contributed by atoms with Crippen molar-refractivity contribution in [3.8, 4) is 0 Å². The summed E-state index contributed by atoms with van der Waals surface area (Å²) >= 11 is 0. The summed E-state index contributed by atoms with van der Waals surface area (Å²) in [5, 5.41) is 10.4. The number of imidazole rings is 1. The zero-order valence-corrected chi connectivity index (χ0v) is 18.0. The van der Waals surface area contributed by atoms with Gasteiger partial charge in [0.25, 0.3) is 5.91 Å². The van der Waals surface area contributed by atoms with E-state index in [0.29, 0.717) is 25.1 Å². The normalized spacial score (nSPS) is 18.1. The van der Waals surface area contributed by atoms with Gasteiger partial charge in [-0.25, -0.2) is 4.98 Å². The van der Waals surface area contributed by atoms with Crippen LogP contribution in [0.5, 0.6) is 0 Å². The molecule has 11 nitrogen and oxygen atoms in total. The highest BCUT2D eigenvalue weighted by molar-refractivity contribution is 5.93. The van der Waals surface area contributed by atoms with Gasteiger partial charge in [0.1, 0.15) is 18.2 Å². The summed E-state index contributed by atoms with van der Waals surface area (Å²) in [6.45, 7) is 4.33. The van der Waals surface area contributed by atoms with Crippen molar-refractivity contribution in [2.75, 3.05) is 13.1 Å². The Hall–Kier alpha value is -2.95. The lowest BCUT2D eigenvalue weighted by Gasteiger charge is -2.36. The van der Waals surface area contributed by atoms with Gasteiger partial charge in [-0.05, 0) is 25.2 Å². The fourth-order valence-corrected chi connectivity index (χ4v) is 3.81. The number of aromatic nitrogens is 2. The van der Waals surface area contributed by atoms with Crippen molar-refractivity contribution in [2.24, 2.45) is 17.4 Å². The highest BCUT2D eigenvalue weighted by Gasteiger charge is 2.41. The van der Waals surface area contributed by atoms with Crippen molar-refractivity contribution in [2.45, 2.75) is 64.1 Å². The number of aliphatic hydroxyl groups excluding tert-OH is 1. The second-order valence-electron chi connectivity index (χ2n) is 8.29. The first-order valence-corrected chi connectivity index (χ1v) is 10.5. The number of aliphatic hydroxyl groups is 1. The lowest BCUT2D eigenvalue weighted by Crippen LogP contribution is -2.57. The Labute approximate surface area is 181 Å². The van der Waals surface area contributed by atoms with E-state index in [1.54, 1.807) is 6.20 Å². The van der Waals surface area contributed by atoms with Crippen molar-refractivity contribution in [1.82, 2.24) is 19.8 Å². The standard InChI is InChI=1S/C20H32N6O5/c1-12(2)10-26(20(31)16(27)5-6-17(21)28)15(8-13-9-23-11-24-13)19(30)25-7-3-4-14(25)18(22)29/h9,11-12,14-16,27H,3-8,10H2,1-2H3,(H2,21,28)(H2,22,29)(H,23,24)/t14-,15-,16?/m0/s1. The van der Waals surface area contributed by atoms with Crippen molar-refractivity contribution < 1.29 is 24.3 Å². The SMILES string of the molecule is CC(C)CN(C(=O)C(O)CCC(N)=O)[C@@H](Cc1cnc[nH]1)C(=O)N1CCC[C@H]1C(N)=O. The first kappa shape index (κ1) is 24.3. The summed E-state index contributed by atoms with van der Waals surface area (Å²) in [4.78, 5) is 59.2. The molecule has 3 atom stereocenters. The van der Waals surface area contributed by atoms with Gasteiger partial charge in [0.2, 0.25) is 17.7 Å². The molecule has 2 heterocycles. The molecule has 0 spiro atoms. The number of H-pyrrole nitrogens is 1. The van der Waals surface area contributed by atoms with Crippen LogP contribution < -0.4 is 11.5 Å². The van der Waals surface area contributed by atoms with E-state index in [4.69, 9.17) is 11.5 Å². The number of hydrogen-bond donors (Lipinski definition) is 4. The van der Waals surface area contributed by atoms with Crippen LogP contribution in [-0.4, -0.2) is 79.8 Å². The predicted molar refractivity (Wildman–Crippen MR) is 111 cm³/mol. The Morgan fingerprint density at radius 3 is 2.58 bits per heavy atom. The van der Waals surface area contributed by atoms with Crippen molar-refractivity contribution >= 4 is 23.6 Å². The molecule has 1 aromatic rings. The fourth-order valence-electron chi connectivity index (χ4n) is 3.81. The molecule has 0 aromatic carbocycles. The third kappa shape index (κ3) is 6.51. The third-order valence-electron chi connectivity index (χ3n) is 5.29. The Morgan fingerprint density at radius 1 is 1.32 bits per heavy atom. The van der Waals surface area contributed by atoms with Crippen molar-refractivity contribution in [1.29, 1.82) is 0 Å². The Morgan fingerprint density at radius 2 is 2.03 bits per heavy atom. The van der Waals surface area contributed by atoms with Crippen LogP contribution in [0.4, 0.5) is 0 Å². The number of carbonyl (C=O) groups excluding carboxylic acids is 4. The van der Waals surface area contributed by atoms with Crippen LogP contribution in [0.1, 0.15) is 45.2 Å². The Balaban J connectivity index is 2.36. The maximum Gasteiger partial charge on any atom is 0.252 e. The summed E-state index contributed by atoms with van der Waals surface area (Å²) in [5.41, 5.74) is 11.2. The number of nitrogens with two attached hydrogens (primary N) is 2. The van der Waals surface area contributed by atoms with Gasteiger partial charge in [0, 0.05) is 37.8 Å². The topological polar surface area (TPSA) is 176 Å². The zero-order valence-electron chi connectivity index (χ0n) is 18.0. The average molecular weight is 437 g/mol. The number of nitrogens with one attached hydrogen (secondary N) is 1. The van der Waals surface area contributed by atoms with Crippen LogP contribution in [0.3, 0.4) is 0 Å². The molecule has 1 unspecified atom stereocenters. The summed E-state index contributed by atoms with van der Waals surface area (Å²) in [6.07, 6.45) is 2.48. The molecule has 1 aliphatic rings. The molecular weight excluding hydrogens is 404 g/mol. The summed E-state index contributed by atoms with van der Waals surface area (Å²) in [7, 11) is 0. The minimum atomic E-state index is -1.48. The molecule has 1 aliphatic heterocycles. The molecule has 31 heavy (non-hydrogen) atoms. The Bertz CT molecular complexity index is 781. The van der Waals surface area contributed by atoms with Crippen LogP contribution in [0, 0.1) is 5.92 Å². The number of aromatic amines is 1. The first-order valence-electron chi connectivity index (χ1n) is 10.5. The molecule has 2 rings (SSSR count). The van der Waals surface area contributed by atoms with E-state index in [-0.39, 0.29) is 31.7 Å². The maximum absolute atomic E-state index is 13.5. The van der Waals surface area contributed by atoms with E-state index in [1.165, 1.54) is 16.1 Å². The number of primary amides is 2. The Kier molecular flexibility index (Phi) is 8.55. The third-order valence-corrected chi connectivity index (χ3v) is 5.29. The van der Waals surface area contributed by atoms with Crippen molar-refractivity contribution in [3.05, 3.63) is 18.2 Å². The van der Waals surface area contributed by atoms with Gasteiger partial charge in [-0.2, -0.15) is 0 Å². The smallest absolute Gasteiger partial charge is 0.252 e. The predicted octanol–water partition coefficient (Wildman–Crippen LogP) is -1.09. The minimum Gasteiger partial charge on any atom is -0.383 e. The largest absolute Gasteiger partial charge is 0.383 e. The maximum atomic E-state index is 13.5. The second-order valence-corrected chi connectivity index (χ2v) is 8.29. The number of rotatable bonds is 11. The lowest BCUT2D eigenvalue weighted by molar-refractivity contribution is -0.153. The van der Waals surface area contributed by atoms with Gasteiger partial charge in [-0.3, -0.25) is 19.2 Å². The molecule has 1 fully saturated rings. The van der Waals surface area contributed by atoms with Gasteiger partial charge in [-0.1, -0.05) is 13.8 Å². The van der Waals surface area contributed by atoms with E-state index in [9.17, 15) is 24.3 Å². The summed E-state index contributed by atoms with van der Waals surface area (Å²) < 4.78 is 0. The van der Waals surface area contributed by atoms with E-state index >= 15 is 0 Å². The van der Waals surface area contributed by atoms with Gasteiger partial charge < -0.3 is 31.4 Å². The van der Waals surface area contributed by atoms with Gasteiger partial charge in [0.05, 0.1) is 6.33 Å². The highest BCUT2D eigenvalue weighted by atomic mass is 16.3. The molecular formula is C20H32N6O5. The molecule has 172 valence electrons. The molecule has 0 radical (unpaired) electrons. The van der Waals surface area contributed by atoms with E-state index in [2.05, 4.69) is 9.97 Å². The average Bonchev–Trinajstić information content (AvgIpc) is 3.39. The number of carbonyl (C=O) groups is 4. The first-order chi connectivity index (χ1) is 14.6. The molecule has 0 saturated carbocycles. The van der Waals surface area contributed by atoms with E-state index in [1.807, 2.05) is 13.8 Å². The van der Waals surface area contributed by atoms with Crippen LogP contribution in [0.15, 0.2) is 12.5 Å². The molecule has 1 saturated heterocycles. The zero-order chi connectivity index (χ0) is 23.1. The molecule has 6 N–H and O–H groups in total. The number of likely N-dealkylation sites (tertiary alicyclic amines) is 1.